The summed E-state index contributed by atoms with van der Waals surface area (Å²) in [6.07, 6.45) is -16.1. The molecule has 0 bridgehead atoms. The van der Waals surface area contributed by atoms with E-state index in [0.29, 0.717) is 0 Å². The molecule has 0 aromatic heterocycles. The van der Waals surface area contributed by atoms with Crippen LogP contribution in [0.5, 0.6) is 0 Å². The molecule has 3 fully saturated rings. The second-order valence-corrected chi connectivity index (χ2v) is 8.43. The van der Waals surface area contributed by atoms with Crippen LogP contribution in [0.15, 0.2) is 0 Å². The molecule has 0 aromatic rings. The van der Waals surface area contributed by atoms with Crippen LogP contribution in [0.4, 0.5) is 0 Å². The standard InChI is InChI=1S/C18H34N3O13.Zn/c19-7-12(27)14(5(2-23)30-16(7)29)33-18-9(21)13(28)15(6(3-24)32-18)34-17-8(20)11(26)10(25)4(1-22)31-17;/h5-18,22-29H,1-3,19-21H2;/q-1;/t5-,6-,7-,8-,9-,10-,11-,12-,13-,14?,15?,16-,17-,18+;/m1./s1. The minimum Gasteiger partial charge on any atom is -0.521 e. The van der Waals surface area contributed by atoms with E-state index in [1.54, 1.807) is 0 Å². The summed E-state index contributed by atoms with van der Waals surface area (Å²) in [5.41, 5.74) is 17.6. The first kappa shape index (κ1) is 31.2. The van der Waals surface area contributed by atoms with Gasteiger partial charge in [0.25, 0.3) is 0 Å². The largest absolute Gasteiger partial charge is 0.521 e. The summed E-state index contributed by atoms with van der Waals surface area (Å²) in [6, 6.07) is -3.90. The van der Waals surface area contributed by atoms with Crippen molar-refractivity contribution in [1.29, 1.82) is 0 Å². The summed E-state index contributed by atoms with van der Waals surface area (Å²) in [7, 11) is 0. The Labute approximate surface area is 213 Å². The van der Waals surface area contributed by atoms with Crippen LogP contribution in [0.25, 0.3) is 0 Å². The molecule has 0 aromatic carbocycles. The Hall–Kier alpha value is -0.0166. The van der Waals surface area contributed by atoms with Gasteiger partial charge in [0.15, 0.2) is 12.6 Å². The Morgan fingerprint density at radius 3 is 1.71 bits per heavy atom. The first-order valence-corrected chi connectivity index (χ1v) is 10.7. The molecule has 3 aliphatic rings. The molecule has 0 radical (unpaired) electrons. The predicted molar refractivity (Wildman–Crippen MR) is 107 cm³/mol. The van der Waals surface area contributed by atoms with Crippen LogP contribution in [-0.4, -0.2) is 147 Å². The molecule has 16 nitrogen and oxygen atoms in total. The van der Waals surface area contributed by atoms with Crippen LogP contribution in [0.1, 0.15) is 0 Å². The monoisotopic (exact) mass is 564 g/mol. The van der Waals surface area contributed by atoms with Crippen LogP contribution >= 0.6 is 0 Å². The van der Waals surface area contributed by atoms with E-state index in [-0.39, 0.29) is 25.6 Å². The SMILES string of the molecule is N[C@H]1[C@@H](OC2[C@@H](CO)O[C@@H](OC3[C@@H](CO)O[C@@H](O)[C@H](N)[C@H]3O)[C@H](N)[C@H]2O)O[C-](CO)[C@@H](O)[C@@H]1O.[Zn]. The van der Waals surface area contributed by atoms with Gasteiger partial charge in [0.05, 0.1) is 37.4 Å². The molecule has 35 heavy (non-hydrogen) atoms. The number of rotatable bonds is 7. The van der Waals surface area contributed by atoms with E-state index in [1.807, 2.05) is 0 Å². The summed E-state index contributed by atoms with van der Waals surface area (Å²) >= 11 is 0. The normalized spacial score (nSPS) is 49.5. The van der Waals surface area contributed by atoms with Gasteiger partial charge in [-0.15, -0.1) is 6.10 Å². The molecular formula is C18H34N3O13Zn-. The number of aliphatic hydroxyl groups excluding tert-OH is 8. The van der Waals surface area contributed by atoms with Crippen molar-refractivity contribution >= 4 is 0 Å². The van der Waals surface area contributed by atoms with Gasteiger partial charge in [0, 0.05) is 19.5 Å². The Morgan fingerprint density at radius 1 is 0.686 bits per heavy atom. The molecule has 3 aliphatic heterocycles. The van der Waals surface area contributed by atoms with Crippen molar-refractivity contribution in [3.8, 4) is 0 Å². The van der Waals surface area contributed by atoms with Gasteiger partial charge in [-0.05, 0) is 6.10 Å². The zero-order chi connectivity index (χ0) is 25.3. The molecular weight excluding hydrogens is 532 g/mol. The average molecular weight is 566 g/mol. The van der Waals surface area contributed by atoms with E-state index in [2.05, 4.69) is 0 Å². The van der Waals surface area contributed by atoms with Crippen molar-refractivity contribution in [3.05, 3.63) is 6.10 Å². The smallest absolute Gasteiger partial charge is 0.176 e. The molecule has 3 saturated heterocycles. The zero-order valence-corrected chi connectivity index (χ0v) is 21.7. The number of hydrogen-bond acceptors (Lipinski definition) is 16. The van der Waals surface area contributed by atoms with Crippen molar-refractivity contribution in [2.24, 2.45) is 17.2 Å². The van der Waals surface area contributed by atoms with E-state index in [4.69, 9.17) is 40.9 Å². The van der Waals surface area contributed by atoms with Crippen LogP contribution in [0.2, 0.25) is 0 Å². The molecule has 0 saturated carbocycles. The minimum absolute atomic E-state index is 0. The maximum Gasteiger partial charge on any atom is 0.176 e. The first-order chi connectivity index (χ1) is 16.0. The molecule has 3 rings (SSSR count). The van der Waals surface area contributed by atoms with Gasteiger partial charge < -0.3 is 81.7 Å². The fourth-order valence-corrected chi connectivity index (χ4v) is 4.07. The van der Waals surface area contributed by atoms with Gasteiger partial charge in [0.1, 0.15) is 42.9 Å². The van der Waals surface area contributed by atoms with Crippen molar-refractivity contribution in [3.63, 3.8) is 0 Å². The van der Waals surface area contributed by atoms with Crippen LogP contribution in [-0.2, 0) is 43.2 Å². The van der Waals surface area contributed by atoms with E-state index in [1.165, 1.54) is 0 Å². The molecule has 202 valence electrons. The molecule has 0 spiro atoms. The van der Waals surface area contributed by atoms with Crippen molar-refractivity contribution in [1.82, 2.24) is 0 Å². The minimum atomic E-state index is -1.57. The maximum atomic E-state index is 10.8. The fraction of sp³-hybridized carbons (Fsp3) is 0.944. The average Bonchev–Trinajstić information content (AvgIpc) is 2.83. The topological polar surface area (TPSA) is 286 Å². The Kier molecular flexibility index (Phi) is 11.7. The molecule has 0 aliphatic carbocycles. The molecule has 17 heteroatoms. The van der Waals surface area contributed by atoms with E-state index < -0.39 is 106 Å². The Balaban J connectivity index is 0.00000432. The molecule has 3 heterocycles. The van der Waals surface area contributed by atoms with Gasteiger partial charge in [-0.2, -0.15) is 0 Å². The third-order valence-electron chi connectivity index (χ3n) is 6.19. The molecule has 2 unspecified atom stereocenters. The molecule has 0 amide bonds. The number of hydrogen-bond donors (Lipinski definition) is 11. The van der Waals surface area contributed by atoms with Gasteiger partial charge in [0.2, 0.25) is 0 Å². The van der Waals surface area contributed by atoms with Crippen molar-refractivity contribution in [2.75, 3.05) is 19.8 Å². The van der Waals surface area contributed by atoms with Crippen LogP contribution < -0.4 is 17.2 Å². The van der Waals surface area contributed by atoms with Crippen molar-refractivity contribution in [2.45, 2.75) is 85.8 Å². The predicted octanol–water partition coefficient (Wildman–Crippen LogP) is -7.51. The van der Waals surface area contributed by atoms with Crippen molar-refractivity contribution < 1.29 is 84.0 Å². The number of ether oxygens (including phenoxy) is 5. The summed E-state index contributed by atoms with van der Waals surface area (Å²) in [5, 5.41) is 79.5. The molecule has 14 atom stereocenters. The Bertz CT molecular complexity index is 653. The summed E-state index contributed by atoms with van der Waals surface area (Å²) in [4.78, 5) is 0. The second kappa shape index (κ2) is 13.2. The van der Waals surface area contributed by atoms with Crippen LogP contribution in [0, 0.1) is 6.10 Å². The zero-order valence-electron chi connectivity index (χ0n) is 18.8. The second-order valence-electron chi connectivity index (χ2n) is 8.43. The molecule has 14 N–H and O–H groups in total. The Morgan fingerprint density at radius 2 is 1.17 bits per heavy atom. The van der Waals surface area contributed by atoms with E-state index in [9.17, 15) is 40.9 Å². The summed E-state index contributed by atoms with van der Waals surface area (Å²) in [6.45, 7) is -2.09. The number of aliphatic hydroxyl groups is 8. The quantitative estimate of drug-likeness (QED) is 0.101. The third-order valence-corrected chi connectivity index (χ3v) is 6.19. The van der Waals surface area contributed by atoms with E-state index >= 15 is 0 Å². The van der Waals surface area contributed by atoms with Gasteiger partial charge >= 0.3 is 0 Å². The first-order valence-electron chi connectivity index (χ1n) is 10.7. The van der Waals surface area contributed by atoms with Gasteiger partial charge in [-0.3, -0.25) is 0 Å². The fourth-order valence-electron chi connectivity index (χ4n) is 4.07. The van der Waals surface area contributed by atoms with Gasteiger partial charge in [-0.1, -0.05) is 6.61 Å². The summed E-state index contributed by atoms with van der Waals surface area (Å²) in [5.74, 6) is 0. The van der Waals surface area contributed by atoms with Gasteiger partial charge in [-0.25, -0.2) is 0 Å². The van der Waals surface area contributed by atoms with Crippen LogP contribution in [0.3, 0.4) is 0 Å². The summed E-state index contributed by atoms with van der Waals surface area (Å²) < 4.78 is 27.3. The third kappa shape index (κ3) is 6.35. The van der Waals surface area contributed by atoms with E-state index in [0.717, 1.165) is 0 Å². The number of nitrogens with two attached hydrogens (primary N) is 3. The maximum absolute atomic E-state index is 10.8.